The van der Waals surface area contributed by atoms with Gasteiger partial charge < -0.3 is 24.8 Å². The molecule has 1 fully saturated rings. The molecule has 150 valence electrons. The Labute approximate surface area is 163 Å². The Balaban J connectivity index is 2.01. The van der Waals surface area contributed by atoms with Crippen molar-refractivity contribution in [2.45, 2.75) is 19.8 Å². The summed E-state index contributed by atoms with van der Waals surface area (Å²) in [5.41, 5.74) is 1.12. The maximum atomic E-state index is 11.9. The number of guanidine groups is 1. The van der Waals surface area contributed by atoms with Crippen LogP contribution in [-0.4, -0.2) is 82.1 Å². The molecule has 0 saturated carbocycles. The molecule has 0 atom stereocenters. The van der Waals surface area contributed by atoms with Crippen molar-refractivity contribution in [2.24, 2.45) is 4.99 Å². The largest absolute Gasteiger partial charge is 0.495 e. The summed E-state index contributed by atoms with van der Waals surface area (Å²) in [6.07, 6.45) is 2.21. The first-order valence-corrected chi connectivity index (χ1v) is 9.68. The molecule has 0 bridgehead atoms. The van der Waals surface area contributed by atoms with Gasteiger partial charge in [-0.2, -0.15) is 0 Å². The average Bonchev–Trinajstić information content (AvgIpc) is 2.70. The Morgan fingerprint density at radius 1 is 1.22 bits per heavy atom. The van der Waals surface area contributed by atoms with Crippen molar-refractivity contribution in [3.8, 4) is 5.75 Å². The lowest BCUT2D eigenvalue weighted by atomic mass is 10.2. The van der Waals surface area contributed by atoms with Crippen LogP contribution in [0.4, 0.5) is 5.69 Å². The zero-order valence-electron chi connectivity index (χ0n) is 17.1. The van der Waals surface area contributed by atoms with Gasteiger partial charge in [-0.1, -0.05) is 25.5 Å². The summed E-state index contributed by atoms with van der Waals surface area (Å²) in [6.45, 7) is 6.69. The van der Waals surface area contributed by atoms with Gasteiger partial charge in [-0.05, 0) is 18.6 Å². The van der Waals surface area contributed by atoms with Gasteiger partial charge in [-0.15, -0.1) is 0 Å². The Bertz CT molecular complexity index is 625. The van der Waals surface area contributed by atoms with Crippen molar-refractivity contribution in [3.63, 3.8) is 0 Å². The van der Waals surface area contributed by atoms with E-state index in [9.17, 15) is 4.79 Å². The SMILES string of the molecule is CCCCNC(=NCC(=O)N(C)C)N1CCN(c2ccccc2OC)CC1. The lowest BCUT2D eigenvalue weighted by Crippen LogP contribution is -2.53. The number of likely N-dealkylation sites (N-methyl/N-ethyl adjacent to an activating group) is 1. The number of rotatable bonds is 7. The second-order valence-corrected chi connectivity index (χ2v) is 6.85. The van der Waals surface area contributed by atoms with Gasteiger partial charge in [0.1, 0.15) is 12.3 Å². The number of aliphatic imine (C=N–C) groups is 1. The molecule has 1 saturated heterocycles. The summed E-state index contributed by atoms with van der Waals surface area (Å²) in [6, 6.07) is 8.12. The third-order valence-corrected chi connectivity index (χ3v) is 4.68. The molecule has 1 aromatic carbocycles. The summed E-state index contributed by atoms with van der Waals surface area (Å²) in [7, 11) is 5.22. The number of hydrogen-bond acceptors (Lipinski definition) is 4. The molecule has 0 spiro atoms. The normalized spacial score (nSPS) is 14.9. The molecule has 0 aliphatic carbocycles. The number of carbonyl (C=O) groups is 1. The molecule has 1 amide bonds. The quantitative estimate of drug-likeness (QED) is 0.446. The molecular weight excluding hydrogens is 342 g/mol. The predicted octanol–water partition coefficient (Wildman–Crippen LogP) is 1.65. The molecule has 1 N–H and O–H groups in total. The monoisotopic (exact) mass is 375 g/mol. The van der Waals surface area contributed by atoms with Gasteiger partial charge in [0, 0.05) is 46.8 Å². The van der Waals surface area contributed by atoms with E-state index in [-0.39, 0.29) is 12.5 Å². The highest BCUT2D eigenvalue weighted by molar-refractivity contribution is 5.85. The molecular formula is C20H33N5O2. The van der Waals surface area contributed by atoms with Crippen LogP contribution >= 0.6 is 0 Å². The van der Waals surface area contributed by atoms with Gasteiger partial charge in [0.25, 0.3) is 0 Å². The summed E-state index contributed by atoms with van der Waals surface area (Å²) < 4.78 is 5.49. The minimum Gasteiger partial charge on any atom is -0.495 e. The third kappa shape index (κ3) is 6.05. The standard InChI is InChI=1S/C20H33N5O2/c1-5-6-11-21-20(22-16-19(26)23(2)3)25-14-12-24(13-15-25)17-9-7-8-10-18(17)27-4/h7-10H,5-6,11-16H2,1-4H3,(H,21,22). The van der Waals surface area contributed by atoms with Gasteiger partial charge in [0.2, 0.25) is 5.91 Å². The van der Waals surface area contributed by atoms with Crippen LogP contribution in [0, 0.1) is 0 Å². The minimum atomic E-state index is 0.0115. The number of piperazine rings is 1. The number of nitrogens with one attached hydrogen (secondary N) is 1. The molecule has 1 aliphatic heterocycles. The number of methoxy groups -OCH3 is 1. The van der Waals surface area contributed by atoms with Crippen molar-refractivity contribution in [3.05, 3.63) is 24.3 Å². The summed E-state index contributed by atoms with van der Waals surface area (Å²) in [4.78, 5) is 22.6. The lowest BCUT2D eigenvalue weighted by molar-refractivity contribution is -0.127. The number of benzene rings is 1. The summed E-state index contributed by atoms with van der Waals surface area (Å²) in [5, 5.41) is 3.42. The van der Waals surface area contributed by atoms with Crippen LogP contribution in [0.3, 0.4) is 0 Å². The number of para-hydroxylation sites is 2. The average molecular weight is 376 g/mol. The molecule has 0 unspecified atom stereocenters. The Morgan fingerprint density at radius 3 is 2.56 bits per heavy atom. The van der Waals surface area contributed by atoms with Gasteiger partial charge in [0.15, 0.2) is 5.96 Å². The fraction of sp³-hybridized carbons (Fsp3) is 0.600. The van der Waals surface area contributed by atoms with Crippen LogP contribution < -0.4 is 15.0 Å². The fourth-order valence-corrected chi connectivity index (χ4v) is 2.98. The van der Waals surface area contributed by atoms with E-state index in [1.807, 2.05) is 18.2 Å². The predicted molar refractivity (Wildman–Crippen MR) is 111 cm³/mol. The topological polar surface area (TPSA) is 60.4 Å². The van der Waals surface area contributed by atoms with Crippen LogP contribution in [0.1, 0.15) is 19.8 Å². The highest BCUT2D eigenvalue weighted by Gasteiger charge is 2.22. The van der Waals surface area contributed by atoms with Gasteiger partial charge >= 0.3 is 0 Å². The molecule has 0 aromatic heterocycles. The second-order valence-electron chi connectivity index (χ2n) is 6.85. The van der Waals surface area contributed by atoms with E-state index in [1.54, 1.807) is 26.1 Å². The lowest BCUT2D eigenvalue weighted by Gasteiger charge is -2.38. The van der Waals surface area contributed by atoms with Crippen LogP contribution in [0.5, 0.6) is 5.75 Å². The first-order valence-electron chi connectivity index (χ1n) is 9.68. The molecule has 27 heavy (non-hydrogen) atoms. The molecule has 0 radical (unpaired) electrons. The van der Waals surface area contributed by atoms with E-state index in [0.29, 0.717) is 0 Å². The van der Waals surface area contributed by atoms with E-state index in [2.05, 4.69) is 33.1 Å². The van der Waals surface area contributed by atoms with Gasteiger partial charge in [0.05, 0.1) is 12.8 Å². The number of nitrogens with zero attached hydrogens (tertiary/aromatic N) is 4. The first-order chi connectivity index (χ1) is 13.1. The summed E-state index contributed by atoms with van der Waals surface area (Å²) >= 11 is 0. The highest BCUT2D eigenvalue weighted by atomic mass is 16.5. The Kier molecular flexibility index (Phi) is 8.23. The number of unbranched alkanes of at least 4 members (excludes halogenated alkanes) is 1. The highest BCUT2D eigenvalue weighted by Crippen LogP contribution is 2.28. The zero-order chi connectivity index (χ0) is 19.6. The van der Waals surface area contributed by atoms with Crippen LogP contribution in [0.25, 0.3) is 0 Å². The third-order valence-electron chi connectivity index (χ3n) is 4.68. The fourth-order valence-electron chi connectivity index (χ4n) is 2.98. The van der Waals surface area contributed by atoms with Crippen molar-refractivity contribution < 1.29 is 9.53 Å². The molecule has 1 heterocycles. The first kappa shape index (κ1) is 20.9. The van der Waals surface area contributed by atoms with Crippen molar-refractivity contribution in [2.75, 3.05) is 65.4 Å². The zero-order valence-corrected chi connectivity index (χ0v) is 17.1. The smallest absolute Gasteiger partial charge is 0.243 e. The van der Waals surface area contributed by atoms with Crippen LogP contribution in [0.15, 0.2) is 29.3 Å². The Morgan fingerprint density at radius 2 is 1.93 bits per heavy atom. The van der Waals surface area contributed by atoms with E-state index in [1.165, 1.54) is 0 Å². The van der Waals surface area contributed by atoms with E-state index >= 15 is 0 Å². The van der Waals surface area contributed by atoms with Gasteiger partial charge in [-0.3, -0.25) is 4.79 Å². The van der Waals surface area contributed by atoms with Crippen LogP contribution in [-0.2, 0) is 4.79 Å². The molecule has 7 heteroatoms. The number of carbonyl (C=O) groups excluding carboxylic acids is 1. The molecule has 2 rings (SSSR count). The second kappa shape index (κ2) is 10.6. The maximum absolute atomic E-state index is 11.9. The Hall–Kier alpha value is -2.44. The minimum absolute atomic E-state index is 0.0115. The van der Waals surface area contributed by atoms with Crippen LogP contribution in [0.2, 0.25) is 0 Å². The van der Waals surface area contributed by atoms with E-state index in [4.69, 9.17) is 4.74 Å². The van der Waals surface area contributed by atoms with E-state index in [0.717, 1.165) is 63.0 Å². The number of ether oxygens (including phenoxy) is 1. The van der Waals surface area contributed by atoms with Crippen molar-refractivity contribution in [1.82, 2.24) is 15.1 Å². The van der Waals surface area contributed by atoms with Crippen molar-refractivity contribution >= 4 is 17.6 Å². The van der Waals surface area contributed by atoms with Crippen molar-refractivity contribution in [1.29, 1.82) is 0 Å². The maximum Gasteiger partial charge on any atom is 0.243 e. The number of amides is 1. The number of hydrogen-bond donors (Lipinski definition) is 1. The summed E-state index contributed by atoms with van der Waals surface area (Å²) in [5.74, 6) is 1.74. The molecule has 1 aliphatic rings. The number of anilines is 1. The molecule has 1 aromatic rings. The molecule has 7 nitrogen and oxygen atoms in total. The van der Waals surface area contributed by atoms with E-state index < -0.39 is 0 Å². The van der Waals surface area contributed by atoms with Gasteiger partial charge in [-0.25, -0.2) is 4.99 Å².